The lowest BCUT2D eigenvalue weighted by Gasteiger charge is -2.39. The Labute approximate surface area is 122 Å². The van der Waals surface area contributed by atoms with Gasteiger partial charge in [-0.05, 0) is 12.5 Å². The molecule has 0 spiro atoms. The summed E-state index contributed by atoms with van der Waals surface area (Å²) >= 11 is 0. The molecule has 2 unspecified atom stereocenters. The second kappa shape index (κ2) is 8.37. The molecule has 20 heavy (non-hydrogen) atoms. The van der Waals surface area contributed by atoms with Crippen LogP contribution >= 0.6 is 0 Å². The average Bonchev–Trinajstić information content (AvgIpc) is 2.48. The molecule has 1 aromatic rings. The van der Waals surface area contributed by atoms with Crippen LogP contribution in [0.5, 0.6) is 0 Å². The minimum Gasteiger partial charge on any atom is -0.382 e. The fourth-order valence-electron chi connectivity index (χ4n) is 2.66. The Kier molecular flexibility index (Phi) is 6.47. The SMILES string of the molecule is COCCOCCN1CC(C)NCC1c1ccccc1. The van der Waals surface area contributed by atoms with Gasteiger partial charge in [0.05, 0.1) is 19.8 Å². The van der Waals surface area contributed by atoms with Crippen LogP contribution in [0.15, 0.2) is 30.3 Å². The molecule has 2 atom stereocenters. The van der Waals surface area contributed by atoms with Gasteiger partial charge in [0.2, 0.25) is 0 Å². The number of hydrogen-bond donors (Lipinski definition) is 1. The molecule has 0 amide bonds. The van der Waals surface area contributed by atoms with Crippen LogP contribution in [-0.2, 0) is 9.47 Å². The van der Waals surface area contributed by atoms with Gasteiger partial charge in [0.25, 0.3) is 0 Å². The quantitative estimate of drug-likeness (QED) is 0.770. The number of methoxy groups -OCH3 is 1. The van der Waals surface area contributed by atoms with Gasteiger partial charge < -0.3 is 14.8 Å². The van der Waals surface area contributed by atoms with Crippen LogP contribution in [-0.4, -0.2) is 57.5 Å². The highest BCUT2D eigenvalue weighted by Crippen LogP contribution is 2.22. The molecule has 112 valence electrons. The van der Waals surface area contributed by atoms with Crippen LogP contribution in [0.4, 0.5) is 0 Å². The predicted octanol–water partition coefficient (Wildman–Crippen LogP) is 1.68. The summed E-state index contributed by atoms with van der Waals surface area (Å²) in [4.78, 5) is 2.52. The molecular weight excluding hydrogens is 252 g/mol. The monoisotopic (exact) mass is 278 g/mol. The summed E-state index contributed by atoms with van der Waals surface area (Å²) < 4.78 is 10.6. The Morgan fingerprint density at radius 1 is 1.20 bits per heavy atom. The molecular formula is C16H26N2O2. The van der Waals surface area contributed by atoms with E-state index in [0.717, 1.165) is 26.2 Å². The third kappa shape index (κ3) is 4.56. The number of nitrogens with one attached hydrogen (secondary N) is 1. The first kappa shape index (κ1) is 15.4. The first-order valence-corrected chi connectivity index (χ1v) is 7.40. The van der Waals surface area contributed by atoms with Crippen molar-refractivity contribution in [1.29, 1.82) is 0 Å². The zero-order valence-corrected chi connectivity index (χ0v) is 12.5. The van der Waals surface area contributed by atoms with Crippen LogP contribution in [0.1, 0.15) is 18.5 Å². The van der Waals surface area contributed by atoms with Crippen molar-refractivity contribution in [2.45, 2.75) is 19.0 Å². The van der Waals surface area contributed by atoms with E-state index >= 15 is 0 Å². The van der Waals surface area contributed by atoms with E-state index in [1.54, 1.807) is 7.11 Å². The Hall–Kier alpha value is -0.940. The molecule has 4 nitrogen and oxygen atoms in total. The number of hydrogen-bond acceptors (Lipinski definition) is 4. The Morgan fingerprint density at radius 2 is 2.00 bits per heavy atom. The van der Waals surface area contributed by atoms with Crippen LogP contribution < -0.4 is 5.32 Å². The maximum atomic E-state index is 5.61. The van der Waals surface area contributed by atoms with Crippen molar-refractivity contribution < 1.29 is 9.47 Å². The van der Waals surface area contributed by atoms with E-state index < -0.39 is 0 Å². The largest absolute Gasteiger partial charge is 0.382 e. The van der Waals surface area contributed by atoms with Gasteiger partial charge in [-0.3, -0.25) is 4.90 Å². The van der Waals surface area contributed by atoms with Crippen molar-refractivity contribution in [2.24, 2.45) is 0 Å². The van der Waals surface area contributed by atoms with E-state index in [1.165, 1.54) is 5.56 Å². The smallest absolute Gasteiger partial charge is 0.0700 e. The van der Waals surface area contributed by atoms with Crippen molar-refractivity contribution in [2.75, 3.05) is 46.6 Å². The maximum Gasteiger partial charge on any atom is 0.0700 e. The minimum atomic E-state index is 0.443. The van der Waals surface area contributed by atoms with Crippen molar-refractivity contribution in [1.82, 2.24) is 10.2 Å². The predicted molar refractivity (Wildman–Crippen MR) is 80.9 cm³/mol. The molecule has 4 heteroatoms. The van der Waals surface area contributed by atoms with Gasteiger partial charge in [-0.25, -0.2) is 0 Å². The van der Waals surface area contributed by atoms with Gasteiger partial charge >= 0.3 is 0 Å². The minimum absolute atomic E-state index is 0.443. The fraction of sp³-hybridized carbons (Fsp3) is 0.625. The summed E-state index contributed by atoms with van der Waals surface area (Å²) in [6.07, 6.45) is 0. The van der Waals surface area contributed by atoms with Crippen LogP contribution in [0.3, 0.4) is 0 Å². The average molecular weight is 278 g/mol. The molecule has 1 aromatic carbocycles. The number of ether oxygens (including phenoxy) is 2. The van der Waals surface area contributed by atoms with Crippen LogP contribution in [0.2, 0.25) is 0 Å². The normalized spacial score (nSPS) is 23.9. The topological polar surface area (TPSA) is 33.7 Å². The first-order valence-electron chi connectivity index (χ1n) is 7.40. The van der Waals surface area contributed by atoms with E-state index in [-0.39, 0.29) is 0 Å². The van der Waals surface area contributed by atoms with Crippen LogP contribution in [0, 0.1) is 0 Å². The molecule has 1 heterocycles. The molecule has 1 fully saturated rings. The summed E-state index contributed by atoms with van der Waals surface area (Å²) in [6.45, 7) is 7.37. The summed E-state index contributed by atoms with van der Waals surface area (Å²) in [5, 5.41) is 3.57. The summed E-state index contributed by atoms with van der Waals surface area (Å²) in [5.74, 6) is 0. The Morgan fingerprint density at radius 3 is 2.75 bits per heavy atom. The van der Waals surface area contributed by atoms with Gasteiger partial charge in [-0.1, -0.05) is 30.3 Å². The third-order valence-corrected chi connectivity index (χ3v) is 3.75. The van der Waals surface area contributed by atoms with Gasteiger partial charge in [0.1, 0.15) is 0 Å². The molecule has 0 saturated carbocycles. The van der Waals surface area contributed by atoms with Gasteiger partial charge in [-0.15, -0.1) is 0 Å². The highest BCUT2D eigenvalue weighted by molar-refractivity contribution is 5.20. The summed E-state index contributed by atoms with van der Waals surface area (Å²) in [7, 11) is 1.70. The van der Waals surface area contributed by atoms with Gasteiger partial charge in [0, 0.05) is 38.8 Å². The van der Waals surface area contributed by atoms with E-state index in [4.69, 9.17) is 9.47 Å². The number of benzene rings is 1. The van der Waals surface area contributed by atoms with Crippen LogP contribution in [0.25, 0.3) is 0 Å². The second-order valence-corrected chi connectivity index (χ2v) is 5.34. The molecule has 1 aliphatic heterocycles. The Balaban J connectivity index is 1.88. The molecule has 0 bridgehead atoms. The van der Waals surface area contributed by atoms with Crippen molar-refractivity contribution in [3.8, 4) is 0 Å². The summed E-state index contributed by atoms with van der Waals surface area (Å²) in [6, 6.07) is 11.7. The standard InChI is InChI=1S/C16H26N2O2/c1-14-13-18(8-9-20-11-10-19-2)16(12-17-14)15-6-4-3-5-7-15/h3-7,14,16-17H,8-13H2,1-2H3. The lowest BCUT2D eigenvalue weighted by Crippen LogP contribution is -2.51. The number of rotatable bonds is 7. The second-order valence-electron chi connectivity index (χ2n) is 5.34. The van der Waals surface area contributed by atoms with Gasteiger partial charge in [-0.2, -0.15) is 0 Å². The molecule has 1 N–H and O–H groups in total. The maximum absolute atomic E-state index is 5.61. The van der Waals surface area contributed by atoms with Crippen molar-refractivity contribution in [3.63, 3.8) is 0 Å². The zero-order valence-electron chi connectivity index (χ0n) is 12.5. The molecule has 0 aliphatic carbocycles. The first-order chi connectivity index (χ1) is 9.81. The van der Waals surface area contributed by atoms with E-state index in [9.17, 15) is 0 Å². The lowest BCUT2D eigenvalue weighted by molar-refractivity contribution is 0.0401. The van der Waals surface area contributed by atoms with E-state index in [0.29, 0.717) is 25.3 Å². The van der Waals surface area contributed by atoms with Gasteiger partial charge in [0.15, 0.2) is 0 Å². The molecule has 0 aromatic heterocycles. The van der Waals surface area contributed by atoms with Crippen molar-refractivity contribution >= 4 is 0 Å². The third-order valence-electron chi connectivity index (χ3n) is 3.75. The Bertz CT molecular complexity index is 372. The zero-order chi connectivity index (χ0) is 14.2. The molecule has 1 saturated heterocycles. The summed E-state index contributed by atoms with van der Waals surface area (Å²) in [5.41, 5.74) is 1.38. The van der Waals surface area contributed by atoms with E-state index in [2.05, 4.69) is 47.5 Å². The molecule has 0 radical (unpaired) electrons. The highest BCUT2D eigenvalue weighted by Gasteiger charge is 2.26. The number of nitrogens with zero attached hydrogens (tertiary/aromatic N) is 1. The highest BCUT2D eigenvalue weighted by atomic mass is 16.5. The van der Waals surface area contributed by atoms with Crippen molar-refractivity contribution in [3.05, 3.63) is 35.9 Å². The molecule has 1 aliphatic rings. The fourth-order valence-corrected chi connectivity index (χ4v) is 2.66. The lowest BCUT2D eigenvalue weighted by atomic mass is 10.0. The van der Waals surface area contributed by atoms with E-state index in [1.807, 2.05) is 0 Å². The number of piperazine rings is 1. The molecule has 2 rings (SSSR count).